The van der Waals surface area contributed by atoms with Crippen LogP contribution in [0.2, 0.25) is 0 Å². The Kier molecular flexibility index (Phi) is 3.19. The van der Waals surface area contributed by atoms with E-state index >= 15 is 0 Å². The first-order chi connectivity index (χ1) is 8.08. The third-order valence-electron chi connectivity index (χ3n) is 2.90. The maximum atomic E-state index is 12.1. The zero-order chi connectivity index (χ0) is 12.5. The van der Waals surface area contributed by atoms with Crippen LogP contribution in [-0.4, -0.2) is 38.0 Å². The average Bonchev–Trinajstić information content (AvgIpc) is 2.30. The zero-order valence-corrected chi connectivity index (χ0v) is 10.9. The topological polar surface area (TPSA) is 49.7 Å². The fourth-order valence-electron chi connectivity index (χ4n) is 1.98. The SMILES string of the molecule is CCN(CC)C1=Nc2ccccc2S(=O)(=O)C1. The van der Waals surface area contributed by atoms with Crippen LogP contribution in [0.3, 0.4) is 0 Å². The average molecular weight is 252 g/mol. The summed E-state index contributed by atoms with van der Waals surface area (Å²) in [5, 5.41) is 0. The Balaban J connectivity index is 2.52. The number of benzene rings is 1. The standard InChI is InChI=1S/C12H16N2O2S/c1-3-14(4-2)12-9-17(15,16)11-8-6-5-7-10(11)13-12/h5-8H,3-4,9H2,1-2H3. The Morgan fingerprint density at radius 3 is 2.53 bits per heavy atom. The molecule has 1 heterocycles. The van der Waals surface area contributed by atoms with E-state index in [0.29, 0.717) is 16.4 Å². The second kappa shape index (κ2) is 4.49. The first kappa shape index (κ1) is 12.1. The molecule has 2 rings (SSSR count). The van der Waals surface area contributed by atoms with Gasteiger partial charge in [-0.2, -0.15) is 0 Å². The molecular weight excluding hydrogens is 236 g/mol. The molecule has 1 aliphatic heterocycles. The summed E-state index contributed by atoms with van der Waals surface area (Å²) in [6.45, 7) is 5.54. The molecule has 1 aromatic carbocycles. The Bertz CT molecular complexity index is 545. The molecule has 17 heavy (non-hydrogen) atoms. The van der Waals surface area contributed by atoms with Crippen molar-refractivity contribution in [3.05, 3.63) is 24.3 Å². The molecule has 0 saturated carbocycles. The summed E-state index contributed by atoms with van der Waals surface area (Å²) in [6, 6.07) is 6.90. The van der Waals surface area contributed by atoms with Gasteiger partial charge in [0.15, 0.2) is 9.84 Å². The highest BCUT2D eigenvalue weighted by molar-refractivity contribution is 7.92. The predicted molar refractivity (Wildman–Crippen MR) is 68.5 cm³/mol. The highest BCUT2D eigenvalue weighted by Gasteiger charge is 2.27. The van der Waals surface area contributed by atoms with E-state index in [9.17, 15) is 8.42 Å². The van der Waals surface area contributed by atoms with Crippen LogP contribution in [-0.2, 0) is 9.84 Å². The Hall–Kier alpha value is -1.36. The Morgan fingerprint density at radius 1 is 1.24 bits per heavy atom. The number of hydrogen-bond acceptors (Lipinski definition) is 4. The van der Waals surface area contributed by atoms with Gasteiger partial charge in [0.1, 0.15) is 11.6 Å². The molecule has 0 N–H and O–H groups in total. The molecule has 0 amide bonds. The highest BCUT2D eigenvalue weighted by atomic mass is 32.2. The second-order valence-corrected chi connectivity index (χ2v) is 5.89. The van der Waals surface area contributed by atoms with Crippen LogP contribution in [0.25, 0.3) is 0 Å². The molecule has 0 aliphatic carbocycles. The number of para-hydroxylation sites is 1. The molecule has 92 valence electrons. The van der Waals surface area contributed by atoms with Crippen LogP contribution in [0.15, 0.2) is 34.2 Å². The zero-order valence-electron chi connectivity index (χ0n) is 10.0. The summed E-state index contributed by atoms with van der Waals surface area (Å²) in [5.41, 5.74) is 0.556. The molecule has 0 fully saturated rings. The van der Waals surface area contributed by atoms with E-state index in [1.807, 2.05) is 24.8 Å². The van der Waals surface area contributed by atoms with Crippen molar-refractivity contribution < 1.29 is 8.42 Å². The van der Waals surface area contributed by atoms with Crippen LogP contribution in [0.4, 0.5) is 5.69 Å². The van der Waals surface area contributed by atoms with Crippen molar-refractivity contribution >= 4 is 21.4 Å². The summed E-state index contributed by atoms with van der Waals surface area (Å²) >= 11 is 0. The fourth-order valence-corrected chi connectivity index (χ4v) is 3.44. The fraction of sp³-hybridized carbons (Fsp3) is 0.417. The molecule has 0 bridgehead atoms. The van der Waals surface area contributed by atoms with Crippen LogP contribution < -0.4 is 0 Å². The monoisotopic (exact) mass is 252 g/mol. The third kappa shape index (κ3) is 2.20. The quantitative estimate of drug-likeness (QED) is 0.807. The van der Waals surface area contributed by atoms with E-state index < -0.39 is 9.84 Å². The number of nitrogens with zero attached hydrogens (tertiary/aromatic N) is 2. The number of hydrogen-bond donors (Lipinski definition) is 0. The number of amidine groups is 1. The van der Waals surface area contributed by atoms with Gasteiger partial charge in [-0.3, -0.25) is 0 Å². The number of rotatable bonds is 2. The Labute approximate surface area is 102 Å². The molecule has 0 radical (unpaired) electrons. The largest absolute Gasteiger partial charge is 0.360 e. The van der Waals surface area contributed by atoms with E-state index in [-0.39, 0.29) is 5.75 Å². The molecule has 4 nitrogen and oxygen atoms in total. The van der Waals surface area contributed by atoms with Crippen molar-refractivity contribution in [3.8, 4) is 0 Å². The van der Waals surface area contributed by atoms with Crippen molar-refractivity contribution in [1.82, 2.24) is 4.90 Å². The van der Waals surface area contributed by atoms with Gasteiger partial charge in [0.2, 0.25) is 0 Å². The van der Waals surface area contributed by atoms with Crippen molar-refractivity contribution in [2.24, 2.45) is 4.99 Å². The summed E-state index contributed by atoms with van der Waals surface area (Å²) in [5.74, 6) is 0.653. The smallest absolute Gasteiger partial charge is 0.187 e. The maximum Gasteiger partial charge on any atom is 0.187 e. The van der Waals surface area contributed by atoms with Gasteiger partial charge in [-0.05, 0) is 26.0 Å². The lowest BCUT2D eigenvalue weighted by Gasteiger charge is -2.26. The lowest BCUT2D eigenvalue weighted by atomic mass is 10.3. The number of fused-ring (bicyclic) bond motifs is 1. The van der Waals surface area contributed by atoms with Crippen LogP contribution in [0, 0.1) is 0 Å². The summed E-state index contributed by atoms with van der Waals surface area (Å²) in [7, 11) is -3.23. The van der Waals surface area contributed by atoms with Gasteiger partial charge in [0, 0.05) is 13.1 Å². The predicted octanol–water partition coefficient (Wildman–Crippen LogP) is 1.85. The van der Waals surface area contributed by atoms with Crippen LogP contribution in [0.1, 0.15) is 13.8 Å². The first-order valence-electron chi connectivity index (χ1n) is 5.72. The van der Waals surface area contributed by atoms with Gasteiger partial charge >= 0.3 is 0 Å². The van der Waals surface area contributed by atoms with Crippen molar-refractivity contribution in [2.45, 2.75) is 18.7 Å². The Morgan fingerprint density at radius 2 is 1.88 bits per heavy atom. The lowest BCUT2D eigenvalue weighted by Crippen LogP contribution is -2.37. The van der Waals surface area contributed by atoms with Gasteiger partial charge in [0.05, 0.1) is 10.6 Å². The molecule has 1 aromatic rings. The summed E-state index contributed by atoms with van der Waals surface area (Å²) in [6.07, 6.45) is 0. The molecule has 0 aromatic heterocycles. The molecule has 0 saturated heterocycles. The third-order valence-corrected chi connectivity index (χ3v) is 4.55. The first-order valence-corrected chi connectivity index (χ1v) is 7.38. The minimum absolute atomic E-state index is 0.00565. The highest BCUT2D eigenvalue weighted by Crippen LogP contribution is 2.29. The van der Waals surface area contributed by atoms with E-state index in [0.717, 1.165) is 13.1 Å². The second-order valence-electron chi connectivity index (χ2n) is 3.93. The maximum absolute atomic E-state index is 12.1. The summed E-state index contributed by atoms with van der Waals surface area (Å²) < 4.78 is 24.2. The minimum Gasteiger partial charge on any atom is -0.360 e. The van der Waals surface area contributed by atoms with Crippen molar-refractivity contribution in [1.29, 1.82) is 0 Å². The molecule has 0 unspecified atom stereocenters. The normalized spacial score (nSPS) is 17.2. The van der Waals surface area contributed by atoms with Crippen LogP contribution in [0.5, 0.6) is 0 Å². The minimum atomic E-state index is -3.23. The number of sulfone groups is 1. The van der Waals surface area contributed by atoms with Crippen molar-refractivity contribution in [2.75, 3.05) is 18.8 Å². The van der Waals surface area contributed by atoms with E-state index in [4.69, 9.17) is 0 Å². The lowest BCUT2D eigenvalue weighted by molar-refractivity contribution is 0.462. The van der Waals surface area contributed by atoms with E-state index in [1.54, 1.807) is 18.2 Å². The molecule has 0 atom stereocenters. The molecule has 0 spiro atoms. The summed E-state index contributed by atoms with van der Waals surface area (Å²) in [4.78, 5) is 6.77. The number of aliphatic imine (C=N–C) groups is 1. The van der Waals surface area contributed by atoms with Crippen molar-refractivity contribution in [3.63, 3.8) is 0 Å². The van der Waals surface area contributed by atoms with Gasteiger partial charge in [-0.15, -0.1) is 0 Å². The van der Waals surface area contributed by atoms with Gasteiger partial charge < -0.3 is 4.90 Å². The molecule has 5 heteroatoms. The molecular formula is C12H16N2O2S. The molecule has 1 aliphatic rings. The van der Waals surface area contributed by atoms with Gasteiger partial charge in [-0.25, -0.2) is 13.4 Å². The van der Waals surface area contributed by atoms with E-state index in [1.165, 1.54) is 0 Å². The van der Waals surface area contributed by atoms with Gasteiger partial charge in [0.25, 0.3) is 0 Å². The van der Waals surface area contributed by atoms with E-state index in [2.05, 4.69) is 4.99 Å². The van der Waals surface area contributed by atoms with Gasteiger partial charge in [-0.1, -0.05) is 12.1 Å². The van der Waals surface area contributed by atoms with Crippen LogP contribution >= 0.6 is 0 Å².